The van der Waals surface area contributed by atoms with E-state index in [4.69, 9.17) is 11.4 Å². The lowest BCUT2D eigenvalue weighted by atomic mass is 9.99. The van der Waals surface area contributed by atoms with Crippen molar-refractivity contribution in [1.82, 2.24) is 9.55 Å². The van der Waals surface area contributed by atoms with Gasteiger partial charge in [-0.2, -0.15) is 0 Å². The first-order valence-electron chi connectivity index (χ1n) is 9.09. The average Bonchev–Trinajstić information content (AvgIpc) is 3.08. The maximum Gasteiger partial charge on any atom is 0.264 e. The Bertz CT molecular complexity index is 1300. The van der Waals surface area contributed by atoms with Gasteiger partial charge in [0.05, 0.1) is 11.9 Å². The first-order valence-corrected chi connectivity index (χ1v) is 9.97. The maximum absolute atomic E-state index is 13.5. The van der Waals surface area contributed by atoms with Crippen LogP contribution in [0.15, 0.2) is 52.6 Å². The van der Waals surface area contributed by atoms with Crippen LogP contribution < -0.4 is 5.56 Å². The molecule has 0 spiro atoms. The number of nitrogens with zero attached hydrogens (tertiary/aromatic N) is 2. The Morgan fingerprint density at radius 3 is 2.57 bits per heavy atom. The normalized spacial score (nSPS) is 10.9. The van der Waals surface area contributed by atoms with E-state index in [1.54, 1.807) is 4.57 Å². The van der Waals surface area contributed by atoms with Gasteiger partial charge >= 0.3 is 0 Å². The van der Waals surface area contributed by atoms with Gasteiger partial charge in [0.2, 0.25) is 0 Å². The summed E-state index contributed by atoms with van der Waals surface area (Å²) in [7, 11) is 0. The molecule has 138 valence electrons. The molecule has 0 aliphatic heterocycles. The van der Waals surface area contributed by atoms with Gasteiger partial charge in [-0.3, -0.25) is 9.36 Å². The fourth-order valence-electron chi connectivity index (χ4n) is 3.58. The number of hydrogen-bond donors (Lipinski definition) is 0. The fraction of sp³-hybridized carbons (Fsp3) is 0.167. The number of aryl methyl sites for hydroxylation is 3. The van der Waals surface area contributed by atoms with E-state index in [2.05, 4.69) is 38.0 Å². The van der Waals surface area contributed by atoms with Crippen LogP contribution in [0.25, 0.3) is 32.7 Å². The molecule has 0 saturated carbocycles. The van der Waals surface area contributed by atoms with Crippen molar-refractivity contribution in [3.63, 3.8) is 0 Å². The molecule has 0 N–H and O–H groups in total. The molecule has 0 fully saturated rings. The highest BCUT2D eigenvalue weighted by atomic mass is 32.1. The summed E-state index contributed by atoms with van der Waals surface area (Å²) >= 11 is 1.50. The van der Waals surface area contributed by atoms with E-state index in [-0.39, 0.29) is 12.1 Å². The largest absolute Gasteiger partial charge is 0.280 e. The molecule has 2 aromatic heterocycles. The summed E-state index contributed by atoms with van der Waals surface area (Å²) in [5.74, 6) is 3.23. The van der Waals surface area contributed by atoms with Crippen LogP contribution in [0.1, 0.15) is 16.7 Å². The monoisotopic (exact) mass is 384 g/mol. The summed E-state index contributed by atoms with van der Waals surface area (Å²) < 4.78 is 1.61. The molecule has 2 aromatic carbocycles. The molecule has 0 aliphatic carbocycles. The van der Waals surface area contributed by atoms with Crippen molar-refractivity contribution in [2.75, 3.05) is 0 Å². The van der Waals surface area contributed by atoms with Crippen LogP contribution in [0.5, 0.6) is 0 Å². The average molecular weight is 385 g/mol. The van der Waals surface area contributed by atoms with Gasteiger partial charge in [-0.1, -0.05) is 53.4 Å². The van der Waals surface area contributed by atoms with Gasteiger partial charge in [-0.25, -0.2) is 4.98 Å². The second-order valence-corrected chi connectivity index (χ2v) is 7.91. The van der Waals surface area contributed by atoms with Crippen LogP contribution in [0, 0.1) is 33.1 Å². The van der Waals surface area contributed by atoms with Crippen LogP contribution in [-0.4, -0.2) is 9.55 Å². The first kappa shape index (κ1) is 18.2. The van der Waals surface area contributed by atoms with Crippen molar-refractivity contribution in [1.29, 1.82) is 0 Å². The molecule has 4 heteroatoms. The number of hydrogen-bond acceptors (Lipinski definition) is 3. The van der Waals surface area contributed by atoms with E-state index in [9.17, 15) is 4.79 Å². The minimum absolute atomic E-state index is 0.0873. The number of benzene rings is 2. The highest BCUT2D eigenvalue weighted by Crippen LogP contribution is 2.34. The molecule has 4 aromatic rings. The van der Waals surface area contributed by atoms with Crippen LogP contribution in [0.2, 0.25) is 0 Å². The predicted molar refractivity (Wildman–Crippen MR) is 118 cm³/mol. The number of terminal acetylenes is 1. The Morgan fingerprint density at radius 1 is 1.07 bits per heavy atom. The fourth-order valence-corrected chi connectivity index (χ4v) is 4.51. The Hall–Kier alpha value is -3.16. The lowest BCUT2D eigenvalue weighted by molar-refractivity contribution is 0.796. The van der Waals surface area contributed by atoms with E-state index in [1.807, 2.05) is 36.6 Å². The predicted octanol–water partition coefficient (Wildman–Crippen LogP) is 5.35. The van der Waals surface area contributed by atoms with Crippen LogP contribution in [0.3, 0.4) is 0 Å². The molecule has 0 saturated heterocycles. The van der Waals surface area contributed by atoms with Crippen molar-refractivity contribution in [2.24, 2.45) is 0 Å². The van der Waals surface area contributed by atoms with Gasteiger partial charge in [-0.05, 0) is 38.0 Å². The molecule has 0 unspecified atom stereocenters. The highest BCUT2D eigenvalue weighted by Gasteiger charge is 2.18. The molecule has 0 radical (unpaired) electrons. The summed E-state index contributed by atoms with van der Waals surface area (Å²) in [6.45, 7) is 6.35. The van der Waals surface area contributed by atoms with Gasteiger partial charge in [0, 0.05) is 16.5 Å². The maximum atomic E-state index is 13.5. The molecule has 28 heavy (non-hydrogen) atoms. The lowest BCUT2D eigenvalue weighted by Crippen LogP contribution is -2.23. The van der Waals surface area contributed by atoms with E-state index >= 15 is 0 Å². The van der Waals surface area contributed by atoms with Gasteiger partial charge in [0.1, 0.15) is 10.7 Å². The van der Waals surface area contributed by atoms with E-state index < -0.39 is 0 Å². The Labute approximate surface area is 168 Å². The topological polar surface area (TPSA) is 34.9 Å². The van der Waals surface area contributed by atoms with Crippen LogP contribution in [0.4, 0.5) is 0 Å². The molecule has 3 nitrogen and oxygen atoms in total. The van der Waals surface area contributed by atoms with Crippen molar-refractivity contribution < 1.29 is 0 Å². The van der Waals surface area contributed by atoms with Crippen molar-refractivity contribution in [2.45, 2.75) is 27.3 Å². The quantitative estimate of drug-likeness (QED) is 0.446. The zero-order chi connectivity index (χ0) is 19.8. The smallest absolute Gasteiger partial charge is 0.264 e. The summed E-state index contributed by atoms with van der Waals surface area (Å²) in [5, 5.41) is 2.67. The highest BCUT2D eigenvalue weighted by molar-refractivity contribution is 7.17. The van der Waals surface area contributed by atoms with Gasteiger partial charge in [-0.15, -0.1) is 17.8 Å². The zero-order valence-electron chi connectivity index (χ0n) is 16.1. The molecule has 4 rings (SSSR count). The summed E-state index contributed by atoms with van der Waals surface area (Å²) in [4.78, 5) is 19.1. The molecule has 0 bridgehead atoms. The Balaban J connectivity index is 2.03. The lowest BCUT2D eigenvalue weighted by Gasteiger charge is -2.12. The zero-order valence-corrected chi connectivity index (χ0v) is 16.9. The van der Waals surface area contributed by atoms with Gasteiger partial charge in [0.25, 0.3) is 5.56 Å². The van der Waals surface area contributed by atoms with Gasteiger partial charge < -0.3 is 0 Å². The van der Waals surface area contributed by atoms with E-state index in [1.165, 1.54) is 16.9 Å². The second-order valence-electron chi connectivity index (χ2n) is 7.05. The molecule has 0 aliphatic rings. The minimum Gasteiger partial charge on any atom is -0.280 e. The van der Waals surface area contributed by atoms with E-state index in [0.717, 1.165) is 32.6 Å². The summed E-state index contributed by atoms with van der Waals surface area (Å²) in [6, 6.07) is 14.3. The second kappa shape index (κ2) is 7.10. The number of aromatic nitrogens is 2. The third-order valence-corrected chi connectivity index (χ3v) is 5.76. The SMILES string of the molecule is C#CCn1c(-c2cccc(C)c2)nc2scc(-c3ccc(C)cc3C)c2c1=O. The van der Waals surface area contributed by atoms with Gasteiger partial charge in [0.15, 0.2) is 0 Å². The van der Waals surface area contributed by atoms with E-state index in [0.29, 0.717) is 11.2 Å². The molecule has 2 heterocycles. The third-order valence-electron chi connectivity index (χ3n) is 4.89. The van der Waals surface area contributed by atoms with Crippen LogP contribution in [-0.2, 0) is 6.54 Å². The van der Waals surface area contributed by atoms with Crippen molar-refractivity contribution >= 4 is 21.6 Å². The minimum atomic E-state index is -0.0873. The molecule has 0 amide bonds. The first-order chi connectivity index (χ1) is 13.5. The Kier molecular flexibility index (Phi) is 4.62. The van der Waals surface area contributed by atoms with Crippen molar-refractivity contribution in [3.8, 4) is 34.9 Å². The standard InChI is InChI=1S/C24H20N2OS/c1-5-11-26-22(18-8-6-7-15(2)13-18)25-23-21(24(26)27)20(14-28-23)19-10-9-16(3)12-17(19)4/h1,6-10,12-14H,11H2,2-4H3. The number of rotatable bonds is 3. The molecular weight excluding hydrogens is 364 g/mol. The molecular formula is C24H20N2OS. The van der Waals surface area contributed by atoms with Crippen LogP contribution >= 0.6 is 11.3 Å². The summed E-state index contributed by atoms with van der Waals surface area (Å²) in [6.07, 6.45) is 5.58. The third kappa shape index (κ3) is 3.04. The van der Waals surface area contributed by atoms with Crippen molar-refractivity contribution in [3.05, 3.63) is 74.9 Å². The number of fused-ring (bicyclic) bond motifs is 1. The number of thiophene rings is 1. The summed E-state index contributed by atoms with van der Waals surface area (Å²) in [5.41, 5.74) is 6.26. The Morgan fingerprint density at radius 2 is 1.86 bits per heavy atom. The molecule has 0 atom stereocenters.